The molecule has 5 heteroatoms. The quantitative estimate of drug-likeness (QED) is 0.750. The average molecular weight is 352 g/mol. The van der Waals surface area contributed by atoms with Gasteiger partial charge in [-0.3, -0.25) is 9.59 Å². The van der Waals surface area contributed by atoms with Gasteiger partial charge in [0.1, 0.15) is 5.69 Å². The number of carbonyl (C=O) groups excluding carboxylic acids is 1. The lowest BCUT2D eigenvalue weighted by molar-refractivity contribution is 0.0375. The van der Waals surface area contributed by atoms with E-state index >= 15 is 0 Å². The van der Waals surface area contributed by atoms with E-state index in [1.165, 1.54) is 10.6 Å². The average Bonchev–Trinajstić information content (AvgIpc) is 3.05. The number of hydrogen-bond acceptors (Lipinski definition) is 3. The highest BCUT2D eigenvalue weighted by molar-refractivity contribution is 5.93. The minimum absolute atomic E-state index is 0.0436. The summed E-state index contributed by atoms with van der Waals surface area (Å²) >= 11 is 0. The molecule has 3 rings (SSSR count). The molecule has 2 heterocycles. The van der Waals surface area contributed by atoms with Crippen LogP contribution in [-0.4, -0.2) is 40.7 Å². The summed E-state index contributed by atoms with van der Waals surface area (Å²) in [6.45, 7) is 4.78. The summed E-state index contributed by atoms with van der Waals surface area (Å²) in [5.41, 5.74) is 1.38. The number of nitrogens with zero attached hydrogens (tertiary/aromatic N) is 2. The van der Waals surface area contributed by atoms with Crippen LogP contribution < -0.4 is 5.56 Å². The normalized spacial score (nSPS) is 19.5. The highest BCUT2D eigenvalue weighted by Crippen LogP contribution is 2.26. The SMILES string of the molecule is C=CCO[C@H]1CCN(C(=O)c2cccc(=O)n2C)[C@H]1Cc1ccccc1. The molecular weight excluding hydrogens is 328 g/mol. The third-order valence-corrected chi connectivity index (χ3v) is 4.86. The van der Waals surface area contributed by atoms with Crippen molar-refractivity contribution in [3.05, 3.63) is 82.8 Å². The number of amides is 1. The van der Waals surface area contributed by atoms with Crippen LogP contribution in [-0.2, 0) is 18.2 Å². The van der Waals surface area contributed by atoms with Gasteiger partial charge in [-0.05, 0) is 24.5 Å². The molecule has 1 aliphatic heterocycles. The number of rotatable bonds is 6. The molecule has 0 radical (unpaired) electrons. The molecule has 0 aliphatic carbocycles. The summed E-state index contributed by atoms with van der Waals surface area (Å²) in [4.78, 5) is 26.9. The number of aromatic nitrogens is 1. The zero-order valence-corrected chi connectivity index (χ0v) is 15.0. The van der Waals surface area contributed by atoms with Crippen LogP contribution in [0.4, 0.5) is 0 Å². The molecule has 136 valence electrons. The van der Waals surface area contributed by atoms with Gasteiger partial charge < -0.3 is 14.2 Å². The molecule has 2 atom stereocenters. The Kier molecular flexibility index (Phi) is 5.68. The van der Waals surface area contributed by atoms with Crippen molar-refractivity contribution in [2.24, 2.45) is 7.05 Å². The highest BCUT2D eigenvalue weighted by Gasteiger charge is 2.38. The second-order valence-electron chi connectivity index (χ2n) is 6.51. The largest absolute Gasteiger partial charge is 0.372 e. The van der Waals surface area contributed by atoms with Crippen molar-refractivity contribution in [1.29, 1.82) is 0 Å². The van der Waals surface area contributed by atoms with Gasteiger partial charge in [0.15, 0.2) is 0 Å². The van der Waals surface area contributed by atoms with Crippen LogP contribution in [0, 0.1) is 0 Å². The van der Waals surface area contributed by atoms with E-state index < -0.39 is 0 Å². The van der Waals surface area contributed by atoms with Crippen LogP contribution in [0.3, 0.4) is 0 Å². The number of benzene rings is 1. The first kappa shape index (κ1) is 18.1. The van der Waals surface area contributed by atoms with Crippen molar-refractivity contribution in [1.82, 2.24) is 9.47 Å². The van der Waals surface area contributed by atoms with E-state index in [0.717, 1.165) is 18.4 Å². The monoisotopic (exact) mass is 352 g/mol. The van der Waals surface area contributed by atoms with Crippen LogP contribution in [0.15, 0.2) is 66.0 Å². The van der Waals surface area contributed by atoms with Gasteiger partial charge in [-0.2, -0.15) is 0 Å². The topological polar surface area (TPSA) is 51.5 Å². The smallest absolute Gasteiger partial charge is 0.270 e. The maximum atomic E-state index is 13.1. The van der Waals surface area contributed by atoms with Crippen molar-refractivity contribution in [2.45, 2.75) is 25.0 Å². The molecule has 0 bridgehead atoms. The molecule has 1 amide bonds. The molecule has 0 spiro atoms. The maximum absolute atomic E-state index is 13.1. The van der Waals surface area contributed by atoms with Crippen LogP contribution in [0.5, 0.6) is 0 Å². The van der Waals surface area contributed by atoms with Crippen LogP contribution in [0.2, 0.25) is 0 Å². The van der Waals surface area contributed by atoms with Gasteiger partial charge in [0.25, 0.3) is 11.5 Å². The number of ether oxygens (including phenoxy) is 1. The summed E-state index contributed by atoms with van der Waals surface area (Å²) in [5.74, 6) is -0.129. The molecule has 2 aromatic rings. The predicted molar refractivity (Wildman–Crippen MR) is 101 cm³/mol. The number of likely N-dealkylation sites (tertiary alicyclic amines) is 1. The molecular formula is C21H24N2O3. The molecule has 1 aliphatic rings. The maximum Gasteiger partial charge on any atom is 0.270 e. The van der Waals surface area contributed by atoms with Crippen molar-refractivity contribution >= 4 is 5.91 Å². The standard InChI is InChI=1S/C21H24N2O3/c1-3-14-26-19-12-13-23(18(19)15-16-8-5-4-6-9-16)21(25)17-10-7-11-20(24)22(17)2/h3-11,18-19H,1,12-15H2,2H3/t18-,19-/m0/s1. The Hall–Kier alpha value is -2.66. The summed E-state index contributed by atoms with van der Waals surface area (Å²) in [5, 5.41) is 0. The zero-order valence-electron chi connectivity index (χ0n) is 15.0. The van der Waals surface area contributed by atoms with E-state index in [2.05, 4.69) is 18.7 Å². The van der Waals surface area contributed by atoms with E-state index in [-0.39, 0.29) is 23.6 Å². The summed E-state index contributed by atoms with van der Waals surface area (Å²) in [6, 6.07) is 14.8. The fraction of sp³-hybridized carbons (Fsp3) is 0.333. The molecule has 5 nitrogen and oxygen atoms in total. The Bertz CT molecular complexity index is 829. The Morgan fingerprint density at radius 3 is 2.73 bits per heavy atom. The van der Waals surface area contributed by atoms with Gasteiger partial charge in [-0.1, -0.05) is 42.5 Å². The molecule has 1 fully saturated rings. The lowest BCUT2D eigenvalue weighted by atomic mass is 10.0. The van der Waals surface area contributed by atoms with Gasteiger partial charge in [-0.25, -0.2) is 0 Å². The summed E-state index contributed by atoms with van der Waals surface area (Å²) in [7, 11) is 1.63. The third kappa shape index (κ3) is 3.78. The Labute approximate surface area is 153 Å². The van der Waals surface area contributed by atoms with Crippen molar-refractivity contribution in [2.75, 3.05) is 13.2 Å². The molecule has 1 aromatic carbocycles. The first-order valence-electron chi connectivity index (χ1n) is 8.85. The van der Waals surface area contributed by atoms with E-state index in [9.17, 15) is 9.59 Å². The van der Waals surface area contributed by atoms with Crippen molar-refractivity contribution < 1.29 is 9.53 Å². The van der Waals surface area contributed by atoms with Gasteiger partial charge in [-0.15, -0.1) is 6.58 Å². The third-order valence-electron chi connectivity index (χ3n) is 4.86. The molecule has 0 N–H and O–H groups in total. The van der Waals surface area contributed by atoms with Gasteiger partial charge in [0, 0.05) is 19.7 Å². The second-order valence-corrected chi connectivity index (χ2v) is 6.51. The number of hydrogen-bond donors (Lipinski definition) is 0. The Morgan fingerprint density at radius 1 is 1.23 bits per heavy atom. The fourth-order valence-corrected chi connectivity index (χ4v) is 3.49. The van der Waals surface area contributed by atoms with Gasteiger partial charge in [0.05, 0.1) is 18.8 Å². The number of pyridine rings is 1. The molecule has 0 saturated carbocycles. The minimum atomic E-state index is -0.186. The van der Waals surface area contributed by atoms with Crippen LogP contribution in [0.25, 0.3) is 0 Å². The fourth-order valence-electron chi connectivity index (χ4n) is 3.49. The minimum Gasteiger partial charge on any atom is -0.372 e. The molecule has 1 aromatic heterocycles. The van der Waals surface area contributed by atoms with Gasteiger partial charge >= 0.3 is 0 Å². The molecule has 26 heavy (non-hydrogen) atoms. The van der Waals surface area contributed by atoms with Crippen molar-refractivity contribution in [3.63, 3.8) is 0 Å². The number of carbonyl (C=O) groups is 1. The zero-order chi connectivity index (χ0) is 18.5. The molecule has 0 unspecified atom stereocenters. The first-order valence-corrected chi connectivity index (χ1v) is 8.85. The second kappa shape index (κ2) is 8.15. The first-order chi connectivity index (χ1) is 12.6. The van der Waals surface area contributed by atoms with Crippen molar-refractivity contribution in [3.8, 4) is 0 Å². The van der Waals surface area contributed by atoms with E-state index in [4.69, 9.17) is 4.74 Å². The summed E-state index contributed by atoms with van der Waals surface area (Å²) < 4.78 is 7.33. The predicted octanol–water partition coefficient (Wildman–Crippen LogP) is 2.41. The Morgan fingerprint density at radius 2 is 2.00 bits per heavy atom. The Balaban J connectivity index is 1.88. The van der Waals surface area contributed by atoms with Crippen LogP contribution >= 0.6 is 0 Å². The van der Waals surface area contributed by atoms with Crippen LogP contribution in [0.1, 0.15) is 22.5 Å². The molecule has 1 saturated heterocycles. The van der Waals surface area contributed by atoms with E-state index in [1.807, 2.05) is 23.1 Å². The summed E-state index contributed by atoms with van der Waals surface area (Å²) in [6.07, 6.45) is 3.18. The van der Waals surface area contributed by atoms with E-state index in [0.29, 0.717) is 18.8 Å². The highest BCUT2D eigenvalue weighted by atomic mass is 16.5. The van der Waals surface area contributed by atoms with Gasteiger partial charge in [0.2, 0.25) is 0 Å². The van der Waals surface area contributed by atoms with E-state index in [1.54, 1.807) is 25.3 Å². The lowest BCUT2D eigenvalue weighted by Crippen LogP contribution is -2.43. The lowest BCUT2D eigenvalue weighted by Gasteiger charge is -2.29.